The Morgan fingerprint density at radius 1 is 1.11 bits per heavy atom. The number of aromatic nitrogens is 4. The molecule has 0 unspecified atom stereocenters. The fourth-order valence-corrected chi connectivity index (χ4v) is 3.66. The maximum absolute atomic E-state index is 6.33. The summed E-state index contributed by atoms with van der Waals surface area (Å²) in [6, 6.07) is 7.64. The fourth-order valence-electron chi connectivity index (χ4n) is 3.37. The molecule has 0 aromatic carbocycles. The lowest BCUT2D eigenvalue weighted by Crippen LogP contribution is -2.44. The van der Waals surface area contributed by atoms with Crippen molar-refractivity contribution in [3.63, 3.8) is 0 Å². The van der Waals surface area contributed by atoms with Crippen molar-refractivity contribution < 1.29 is 4.74 Å². The summed E-state index contributed by atoms with van der Waals surface area (Å²) in [5.41, 5.74) is 3.23. The number of rotatable bonds is 6. The van der Waals surface area contributed by atoms with Gasteiger partial charge in [-0.3, -0.25) is 0 Å². The quantitative estimate of drug-likeness (QED) is 0.468. The standard InChI is InChI=1S/C20H25ClN6O/c1-15-4-5-16(20(21)23-15)17-14-22-18-6-7-19(24-27(17)18)28-13-3-8-26-11-9-25(2)10-12-26/h4-7,14H,3,8-13H2,1-2H3. The van der Waals surface area contributed by atoms with Gasteiger partial charge in [-0.05, 0) is 38.6 Å². The zero-order valence-corrected chi connectivity index (χ0v) is 17.1. The molecule has 0 saturated carbocycles. The predicted octanol–water partition coefficient (Wildman–Crippen LogP) is 2.77. The summed E-state index contributed by atoms with van der Waals surface area (Å²) in [6.07, 6.45) is 2.74. The normalized spacial score (nSPS) is 16.0. The minimum atomic E-state index is 0.446. The van der Waals surface area contributed by atoms with Gasteiger partial charge in [0.15, 0.2) is 5.65 Å². The number of hydrogen-bond acceptors (Lipinski definition) is 6. The molecule has 1 aliphatic heterocycles. The molecule has 1 aliphatic rings. The van der Waals surface area contributed by atoms with E-state index in [1.54, 1.807) is 10.7 Å². The number of hydrogen-bond donors (Lipinski definition) is 0. The average Bonchev–Trinajstić information content (AvgIpc) is 3.10. The minimum Gasteiger partial charge on any atom is -0.477 e. The van der Waals surface area contributed by atoms with Crippen molar-refractivity contribution in [3.05, 3.63) is 41.3 Å². The minimum absolute atomic E-state index is 0.446. The van der Waals surface area contributed by atoms with Gasteiger partial charge >= 0.3 is 0 Å². The Balaban J connectivity index is 1.41. The van der Waals surface area contributed by atoms with Gasteiger partial charge in [0.05, 0.1) is 18.5 Å². The Morgan fingerprint density at radius 2 is 1.93 bits per heavy atom. The molecule has 3 aromatic heterocycles. The third-order valence-corrected chi connectivity index (χ3v) is 5.35. The van der Waals surface area contributed by atoms with Crippen molar-refractivity contribution in [2.45, 2.75) is 13.3 Å². The van der Waals surface area contributed by atoms with E-state index in [1.807, 2.05) is 31.2 Å². The molecule has 3 aromatic rings. The molecular formula is C20H25ClN6O. The van der Waals surface area contributed by atoms with Crippen molar-refractivity contribution in [2.75, 3.05) is 46.4 Å². The number of pyridine rings is 1. The first kappa shape index (κ1) is 19.1. The van der Waals surface area contributed by atoms with Gasteiger partial charge in [-0.2, -0.15) is 0 Å². The topological polar surface area (TPSA) is 58.8 Å². The first-order chi connectivity index (χ1) is 13.6. The van der Waals surface area contributed by atoms with Crippen LogP contribution >= 0.6 is 11.6 Å². The number of piperazine rings is 1. The second-order valence-electron chi connectivity index (χ2n) is 7.22. The van der Waals surface area contributed by atoms with Gasteiger partial charge in [0, 0.05) is 50.0 Å². The molecule has 0 atom stereocenters. The van der Waals surface area contributed by atoms with E-state index in [4.69, 9.17) is 16.3 Å². The number of likely N-dealkylation sites (N-methyl/N-ethyl adjacent to an activating group) is 1. The van der Waals surface area contributed by atoms with E-state index in [2.05, 4.69) is 31.9 Å². The molecule has 148 valence electrons. The Bertz CT molecular complexity index is 951. The van der Waals surface area contributed by atoms with E-state index in [9.17, 15) is 0 Å². The highest BCUT2D eigenvalue weighted by molar-refractivity contribution is 6.32. The SMILES string of the molecule is Cc1ccc(-c2cnc3ccc(OCCCN4CCN(C)CC4)nn23)c(Cl)n1. The molecule has 8 heteroatoms. The van der Waals surface area contributed by atoms with Crippen LogP contribution in [0.4, 0.5) is 0 Å². The highest BCUT2D eigenvalue weighted by Gasteiger charge is 2.14. The second kappa shape index (κ2) is 8.43. The van der Waals surface area contributed by atoms with Gasteiger partial charge in [-0.1, -0.05) is 11.6 Å². The van der Waals surface area contributed by atoms with Crippen LogP contribution in [0.3, 0.4) is 0 Å². The highest BCUT2D eigenvalue weighted by atomic mass is 35.5. The Morgan fingerprint density at radius 3 is 2.71 bits per heavy atom. The summed E-state index contributed by atoms with van der Waals surface area (Å²) in [5.74, 6) is 0.585. The van der Waals surface area contributed by atoms with E-state index in [-0.39, 0.29) is 0 Å². The number of ether oxygens (including phenoxy) is 1. The maximum atomic E-state index is 6.33. The van der Waals surface area contributed by atoms with Crippen molar-refractivity contribution in [2.24, 2.45) is 0 Å². The van der Waals surface area contributed by atoms with Gasteiger partial charge < -0.3 is 14.5 Å². The first-order valence-electron chi connectivity index (χ1n) is 9.62. The zero-order valence-electron chi connectivity index (χ0n) is 16.3. The van der Waals surface area contributed by atoms with Crippen LogP contribution in [0, 0.1) is 6.92 Å². The molecule has 7 nitrogen and oxygen atoms in total. The summed E-state index contributed by atoms with van der Waals surface area (Å²) in [4.78, 5) is 13.6. The van der Waals surface area contributed by atoms with Gasteiger partial charge in [0.25, 0.3) is 0 Å². The Kier molecular flexibility index (Phi) is 5.75. The smallest absolute Gasteiger partial charge is 0.231 e. The fraction of sp³-hybridized carbons (Fsp3) is 0.450. The van der Waals surface area contributed by atoms with Crippen LogP contribution < -0.4 is 4.74 Å². The van der Waals surface area contributed by atoms with Crippen LogP contribution in [0.1, 0.15) is 12.1 Å². The number of halogens is 1. The molecule has 0 amide bonds. The third-order valence-electron chi connectivity index (χ3n) is 5.07. The Labute approximate surface area is 169 Å². The summed E-state index contributed by atoms with van der Waals surface area (Å²) >= 11 is 6.33. The first-order valence-corrected chi connectivity index (χ1v) is 10.00. The molecule has 4 heterocycles. The van der Waals surface area contributed by atoms with E-state index in [1.165, 1.54) is 0 Å². The molecule has 0 radical (unpaired) electrons. The molecule has 1 saturated heterocycles. The lowest BCUT2D eigenvalue weighted by Gasteiger charge is -2.32. The largest absolute Gasteiger partial charge is 0.477 e. The summed E-state index contributed by atoms with van der Waals surface area (Å²) < 4.78 is 7.65. The lowest BCUT2D eigenvalue weighted by atomic mass is 10.2. The van der Waals surface area contributed by atoms with Crippen molar-refractivity contribution in [3.8, 4) is 17.1 Å². The highest BCUT2D eigenvalue weighted by Crippen LogP contribution is 2.27. The van der Waals surface area contributed by atoms with Crippen LogP contribution in [-0.2, 0) is 0 Å². The Hall–Kier alpha value is -2.22. The van der Waals surface area contributed by atoms with Crippen molar-refractivity contribution in [1.82, 2.24) is 29.4 Å². The van der Waals surface area contributed by atoms with Crippen molar-refractivity contribution in [1.29, 1.82) is 0 Å². The molecule has 0 bridgehead atoms. The van der Waals surface area contributed by atoms with Crippen LogP contribution in [0.5, 0.6) is 5.88 Å². The van der Waals surface area contributed by atoms with Gasteiger partial charge in [0.2, 0.25) is 5.88 Å². The van der Waals surface area contributed by atoms with Crippen LogP contribution in [0.2, 0.25) is 5.15 Å². The monoisotopic (exact) mass is 400 g/mol. The van der Waals surface area contributed by atoms with E-state index < -0.39 is 0 Å². The molecule has 0 N–H and O–H groups in total. The number of nitrogens with zero attached hydrogens (tertiary/aromatic N) is 6. The van der Waals surface area contributed by atoms with Crippen molar-refractivity contribution >= 4 is 17.2 Å². The molecule has 0 spiro atoms. The summed E-state index contributed by atoms with van der Waals surface area (Å²) in [5, 5.41) is 5.04. The van der Waals surface area contributed by atoms with E-state index in [0.717, 1.165) is 61.7 Å². The molecule has 0 aliphatic carbocycles. The molecular weight excluding hydrogens is 376 g/mol. The van der Waals surface area contributed by atoms with Gasteiger partial charge in [0.1, 0.15) is 5.15 Å². The van der Waals surface area contributed by atoms with Crippen LogP contribution in [-0.4, -0.2) is 75.8 Å². The number of fused-ring (bicyclic) bond motifs is 1. The molecule has 1 fully saturated rings. The summed E-state index contributed by atoms with van der Waals surface area (Å²) in [7, 11) is 2.17. The molecule has 28 heavy (non-hydrogen) atoms. The van der Waals surface area contributed by atoms with Gasteiger partial charge in [-0.25, -0.2) is 14.5 Å². The average molecular weight is 401 g/mol. The lowest BCUT2D eigenvalue weighted by molar-refractivity contribution is 0.145. The van der Waals surface area contributed by atoms with Crippen LogP contribution in [0.15, 0.2) is 30.5 Å². The van der Waals surface area contributed by atoms with E-state index >= 15 is 0 Å². The number of imidazole rings is 1. The summed E-state index contributed by atoms with van der Waals surface area (Å²) in [6.45, 7) is 8.14. The maximum Gasteiger partial charge on any atom is 0.231 e. The number of aryl methyl sites for hydroxylation is 1. The third kappa shape index (κ3) is 4.27. The van der Waals surface area contributed by atoms with E-state index in [0.29, 0.717) is 17.6 Å². The van der Waals surface area contributed by atoms with Gasteiger partial charge in [-0.15, -0.1) is 5.10 Å². The predicted molar refractivity (Wildman–Crippen MR) is 110 cm³/mol. The molecule has 4 rings (SSSR count). The second-order valence-corrected chi connectivity index (χ2v) is 7.58. The van der Waals surface area contributed by atoms with Crippen LogP contribution in [0.25, 0.3) is 16.9 Å². The zero-order chi connectivity index (χ0) is 19.5.